The number of aromatic nitrogens is 4. The zero-order valence-electron chi connectivity index (χ0n) is 16.2. The highest BCUT2D eigenvalue weighted by Gasteiger charge is 2.23. The fourth-order valence-electron chi connectivity index (χ4n) is 3.56. The summed E-state index contributed by atoms with van der Waals surface area (Å²) in [6.45, 7) is 1.98. The largest absolute Gasteiger partial charge is 0.440 e. The average molecular weight is 438 g/mol. The molecule has 2 aromatic heterocycles. The molecule has 1 aliphatic rings. The van der Waals surface area contributed by atoms with Crippen molar-refractivity contribution < 1.29 is 4.42 Å². The van der Waals surface area contributed by atoms with Crippen molar-refractivity contribution in [3.8, 4) is 17.0 Å². The van der Waals surface area contributed by atoms with Crippen LogP contribution in [0.5, 0.6) is 0 Å². The van der Waals surface area contributed by atoms with E-state index in [1.165, 1.54) is 12.8 Å². The van der Waals surface area contributed by atoms with Crippen LogP contribution in [0.4, 0.5) is 5.95 Å². The second-order valence-electron chi connectivity index (χ2n) is 7.06. The van der Waals surface area contributed by atoms with Crippen LogP contribution in [0, 0.1) is 0 Å². The van der Waals surface area contributed by atoms with E-state index in [-0.39, 0.29) is 0 Å². The van der Waals surface area contributed by atoms with Gasteiger partial charge in [-0.2, -0.15) is 0 Å². The van der Waals surface area contributed by atoms with Crippen LogP contribution in [0.1, 0.15) is 18.7 Å². The lowest BCUT2D eigenvalue weighted by Crippen LogP contribution is -2.22. The van der Waals surface area contributed by atoms with E-state index in [0.29, 0.717) is 16.7 Å². The summed E-state index contributed by atoms with van der Waals surface area (Å²) >= 11 is 7.81. The number of hydrogen-bond donors (Lipinski definition) is 0. The maximum atomic E-state index is 6.26. The second kappa shape index (κ2) is 8.53. The molecule has 0 N–H and O–H groups in total. The third-order valence-corrected chi connectivity index (χ3v) is 6.16. The molecule has 8 heteroatoms. The molecule has 0 saturated carbocycles. The van der Waals surface area contributed by atoms with Crippen molar-refractivity contribution in [1.82, 2.24) is 19.7 Å². The smallest absolute Gasteiger partial charge is 0.232 e. The molecule has 30 heavy (non-hydrogen) atoms. The van der Waals surface area contributed by atoms with Crippen molar-refractivity contribution >= 4 is 29.3 Å². The van der Waals surface area contributed by atoms with Crippen LogP contribution >= 0.6 is 23.4 Å². The van der Waals surface area contributed by atoms with Crippen LogP contribution in [-0.2, 0) is 5.75 Å². The van der Waals surface area contributed by atoms with Gasteiger partial charge >= 0.3 is 0 Å². The van der Waals surface area contributed by atoms with Crippen LogP contribution < -0.4 is 4.90 Å². The van der Waals surface area contributed by atoms with Crippen molar-refractivity contribution in [2.75, 3.05) is 18.0 Å². The monoisotopic (exact) mass is 437 g/mol. The maximum Gasteiger partial charge on any atom is 0.232 e. The van der Waals surface area contributed by atoms with E-state index in [1.54, 1.807) is 18.0 Å². The Morgan fingerprint density at radius 2 is 1.83 bits per heavy atom. The summed E-state index contributed by atoms with van der Waals surface area (Å²) in [7, 11) is 0. The Morgan fingerprint density at radius 1 is 1.00 bits per heavy atom. The first kappa shape index (κ1) is 19.2. The minimum Gasteiger partial charge on any atom is -0.440 e. The molecule has 0 radical (unpaired) electrons. The van der Waals surface area contributed by atoms with Gasteiger partial charge in [-0.25, -0.2) is 4.98 Å². The Hall–Kier alpha value is -2.77. The van der Waals surface area contributed by atoms with Gasteiger partial charge in [-0.1, -0.05) is 59.8 Å². The summed E-state index contributed by atoms with van der Waals surface area (Å²) in [6.07, 6.45) is 4.11. The summed E-state index contributed by atoms with van der Waals surface area (Å²) in [5.41, 5.74) is 1.97. The number of rotatable bonds is 6. The van der Waals surface area contributed by atoms with Crippen LogP contribution in [-0.4, -0.2) is 32.8 Å². The van der Waals surface area contributed by atoms with Gasteiger partial charge in [0, 0.05) is 23.7 Å². The Bertz CT molecular complexity index is 1140. The number of anilines is 1. The lowest BCUT2D eigenvalue weighted by Gasteiger charge is -2.18. The van der Waals surface area contributed by atoms with Gasteiger partial charge in [0.05, 0.1) is 17.6 Å². The van der Waals surface area contributed by atoms with Crippen molar-refractivity contribution in [2.24, 2.45) is 0 Å². The second-order valence-corrected chi connectivity index (χ2v) is 8.44. The third-order valence-electron chi connectivity index (χ3n) is 5.01. The Kier molecular flexibility index (Phi) is 5.46. The highest BCUT2D eigenvalue weighted by atomic mass is 35.5. The molecule has 1 aliphatic heterocycles. The zero-order valence-corrected chi connectivity index (χ0v) is 17.8. The van der Waals surface area contributed by atoms with Crippen molar-refractivity contribution in [3.05, 3.63) is 71.7 Å². The quantitative estimate of drug-likeness (QED) is 0.373. The van der Waals surface area contributed by atoms with E-state index < -0.39 is 0 Å². The molecule has 1 saturated heterocycles. The standard InChI is InChI=1S/C22H20ClN5OS/c23-17-9-6-10-18(13-17)28-21(27-11-4-5-12-27)25-26-22(28)30-15-20-24-14-19(29-20)16-7-2-1-3-8-16/h1-3,6-10,13-14H,4-5,11-12,15H2. The molecular weight excluding hydrogens is 418 g/mol. The average Bonchev–Trinajstić information content (AvgIpc) is 3.53. The predicted molar refractivity (Wildman–Crippen MR) is 119 cm³/mol. The summed E-state index contributed by atoms with van der Waals surface area (Å²) in [5, 5.41) is 10.4. The topological polar surface area (TPSA) is 60.0 Å². The molecule has 1 fully saturated rings. The fraction of sp³-hybridized carbons (Fsp3) is 0.227. The first-order chi connectivity index (χ1) is 14.8. The Morgan fingerprint density at radius 3 is 2.63 bits per heavy atom. The van der Waals surface area contributed by atoms with Crippen molar-refractivity contribution in [2.45, 2.75) is 23.8 Å². The van der Waals surface area contributed by atoms with Gasteiger partial charge in [-0.05, 0) is 31.0 Å². The van der Waals surface area contributed by atoms with Gasteiger partial charge in [0.1, 0.15) is 0 Å². The van der Waals surface area contributed by atoms with Gasteiger partial charge in [0.2, 0.25) is 11.8 Å². The van der Waals surface area contributed by atoms with Crippen LogP contribution in [0.3, 0.4) is 0 Å². The molecule has 0 amide bonds. The normalized spacial score (nSPS) is 13.8. The molecule has 0 unspecified atom stereocenters. The first-order valence-corrected chi connectivity index (χ1v) is 11.2. The van der Waals surface area contributed by atoms with Crippen LogP contribution in [0.15, 0.2) is 70.4 Å². The lowest BCUT2D eigenvalue weighted by molar-refractivity contribution is 0.529. The summed E-state index contributed by atoms with van der Waals surface area (Å²) in [4.78, 5) is 6.71. The van der Waals surface area contributed by atoms with E-state index in [1.807, 2.05) is 54.6 Å². The van der Waals surface area contributed by atoms with Gasteiger partial charge in [-0.3, -0.25) is 4.57 Å². The zero-order chi connectivity index (χ0) is 20.3. The molecule has 0 spiro atoms. The van der Waals surface area contributed by atoms with E-state index in [0.717, 1.165) is 41.2 Å². The number of halogens is 1. The number of oxazole rings is 1. The third kappa shape index (κ3) is 3.95. The minimum absolute atomic E-state index is 0.561. The Balaban J connectivity index is 1.41. The van der Waals surface area contributed by atoms with Gasteiger partial charge < -0.3 is 9.32 Å². The predicted octanol–water partition coefficient (Wildman–Crippen LogP) is 5.47. The summed E-state index contributed by atoms with van der Waals surface area (Å²) < 4.78 is 8.01. The molecule has 2 aromatic carbocycles. The SMILES string of the molecule is Clc1cccc(-n2c(SCc3ncc(-c4ccccc4)o3)nnc2N2CCCC2)c1. The van der Waals surface area contributed by atoms with E-state index in [2.05, 4.69) is 24.6 Å². The highest BCUT2D eigenvalue weighted by Crippen LogP contribution is 2.31. The molecule has 5 rings (SSSR count). The maximum absolute atomic E-state index is 6.26. The molecule has 4 aromatic rings. The summed E-state index contributed by atoms with van der Waals surface area (Å²) in [6, 6.07) is 17.8. The van der Waals surface area contributed by atoms with E-state index in [9.17, 15) is 0 Å². The number of hydrogen-bond acceptors (Lipinski definition) is 6. The minimum atomic E-state index is 0.561. The molecule has 152 valence electrons. The molecule has 6 nitrogen and oxygen atoms in total. The van der Waals surface area contributed by atoms with Gasteiger partial charge in [0.25, 0.3) is 0 Å². The van der Waals surface area contributed by atoms with Gasteiger partial charge in [0.15, 0.2) is 10.9 Å². The number of benzene rings is 2. The van der Waals surface area contributed by atoms with Crippen molar-refractivity contribution in [3.63, 3.8) is 0 Å². The summed E-state index contributed by atoms with van der Waals surface area (Å²) in [5.74, 6) is 2.84. The van der Waals surface area contributed by atoms with E-state index >= 15 is 0 Å². The molecule has 0 aliphatic carbocycles. The van der Waals surface area contributed by atoms with Gasteiger partial charge in [-0.15, -0.1) is 10.2 Å². The van der Waals surface area contributed by atoms with Crippen LogP contribution in [0.25, 0.3) is 17.0 Å². The molecule has 0 bridgehead atoms. The first-order valence-electron chi connectivity index (χ1n) is 9.87. The van der Waals surface area contributed by atoms with Crippen LogP contribution in [0.2, 0.25) is 5.02 Å². The molecular formula is C22H20ClN5OS. The lowest BCUT2D eigenvalue weighted by atomic mass is 10.2. The van der Waals surface area contributed by atoms with Crippen molar-refractivity contribution in [1.29, 1.82) is 0 Å². The Labute approximate surface area is 183 Å². The fourth-order valence-corrected chi connectivity index (χ4v) is 4.54. The molecule has 0 atom stereocenters. The number of thioether (sulfide) groups is 1. The van der Waals surface area contributed by atoms with E-state index in [4.69, 9.17) is 16.0 Å². The highest BCUT2D eigenvalue weighted by molar-refractivity contribution is 7.98. The number of nitrogens with zero attached hydrogens (tertiary/aromatic N) is 5. The molecule has 3 heterocycles.